The first-order chi connectivity index (χ1) is 15.3. The molecule has 1 aliphatic heterocycles. The van der Waals surface area contributed by atoms with Crippen LogP contribution in [0.25, 0.3) is 16.8 Å². The number of benzene rings is 3. The number of fused-ring (bicyclic) bond motifs is 1. The van der Waals surface area contributed by atoms with E-state index in [1.54, 1.807) is 0 Å². The molecule has 0 spiro atoms. The van der Waals surface area contributed by atoms with Crippen molar-refractivity contribution in [1.82, 2.24) is 4.90 Å². The third-order valence-corrected chi connectivity index (χ3v) is 6.28. The van der Waals surface area contributed by atoms with Gasteiger partial charge in [-0.15, -0.1) is 0 Å². The van der Waals surface area contributed by atoms with Crippen LogP contribution in [0.15, 0.2) is 59.5 Å². The molecule has 1 aliphatic rings. The molecule has 0 bridgehead atoms. The molecule has 0 aliphatic carbocycles. The fraction of sp³-hybridized carbons (Fsp3) is 0.0909. The molecule has 0 unspecified atom stereocenters. The average molecular weight is 489 g/mol. The smallest absolute Gasteiger partial charge is 0.293 e. The molecule has 10 heteroatoms. The Labute approximate surface area is 196 Å². The molecule has 0 atom stereocenters. The summed E-state index contributed by atoms with van der Waals surface area (Å²) < 4.78 is 5.82. The minimum Gasteiger partial charge on any atom is -0.491 e. The van der Waals surface area contributed by atoms with Crippen molar-refractivity contribution in [3.8, 4) is 5.75 Å². The molecule has 1 fully saturated rings. The predicted molar refractivity (Wildman–Crippen MR) is 125 cm³/mol. The number of nitrogens with zero attached hydrogens (tertiary/aromatic N) is 2. The monoisotopic (exact) mass is 488 g/mol. The van der Waals surface area contributed by atoms with E-state index < -0.39 is 16.1 Å². The molecular weight excluding hydrogens is 475 g/mol. The van der Waals surface area contributed by atoms with Gasteiger partial charge in [0.15, 0.2) is 0 Å². The Bertz CT molecular complexity index is 1290. The Morgan fingerprint density at radius 1 is 1.06 bits per heavy atom. The van der Waals surface area contributed by atoms with Crippen molar-refractivity contribution in [2.45, 2.75) is 0 Å². The van der Waals surface area contributed by atoms with E-state index in [1.165, 1.54) is 18.2 Å². The zero-order valence-corrected chi connectivity index (χ0v) is 18.6. The average Bonchev–Trinajstić information content (AvgIpc) is 3.02. The minimum absolute atomic E-state index is 0.0553. The number of imide groups is 1. The topological polar surface area (TPSA) is 89.8 Å². The Hall–Kier alpha value is -3.07. The van der Waals surface area contributed by atoms with Gasteiger partial charge in [-0.2, -0.15) is 0 Å². The quantitative estimate of drug-likeness (QED) is 0.234. The van der Waals surface area contributed by atoms with Crippen LogP contribution in [0.3, 0.4) is 0 Å². The summed E-state index contributed by atoms with van der Waals surface area (Å²) in [5.41, 5.74) is -0.120. The van der Waals surface area contributed by atoms with Crippen LogP contribution >= 0.6 is 35.0 Å². The zero-order valence-electron chi connectivity index (χ0n) is 16.3. The van der Waals surface area contributed by atoms with E-state index >= 15 is 0 Å². The lowest BCUT2D eigenvalue weighted by atomic mass is 10.1. The van der Waals surface area contributed by atoms with Crippen LogP contribution in [0.4, 0.5) is 10.5 Å². The Morgan fingerprint density at radius 2 is 1.81 bits per heavy atom. The maximum atomic E-state index is 12.7. The van der Waals surface area contributed by atoms with Gasteiger partial charge in [-0.1, -0.05) is 59.6 Å². The number of halogens is 2. The highest BCUT2D eigenvalue weighted by Crippen LogP contribution is 2.36. The molecule has 1 heterocycles. The number of rotatable bonds is 6. The standard InChI is InChI=1S/C22H14Cl2N2O5S/c23-16-12-17(24)18(26(29)30)10-14(16)11-20-21(27)25(22(28)32-20)8-9-31-19-7-3-5-13-4-1-2-6-15(13)19/h1-7,10-12H,8-9H2/b20-11-. The summed E-state index contributed by atoms with van der Waals surface area (Å²) in [6.45, 7) is 0.173. The van der Waals surface area contributed by atoms with Crippen LogP contribution in [0.2, 0.25) is 10.0 Å². The second-order valence-electron chi connectivity index (χ2n) is 6.74. The Morgan fingerprint density at radius 3 is 2.59 bits per heavy atom. The molecule has 1 saturated heterocycles. The molecule has 162 valence electrons. The first-order valence-electron chi connectivity index (χ1n) is 9.34. The second-order valence-corrected chi connectivity index (χ2v) is 8.55. The molecule has 7 nitrogen and oxygen atoms in total. The van der Waals surface area contributed by atoms with E-state index in [0.29, 0.717) is 5.75 Å². The van der Waals surface area contributed by atoms with Crippen molar-refractivity contribution < 1.29 is 19.2 Å². The normalized spacial score (nSPS) is 15.1. The van der Waals surface area contributed by atoms with Crippen LogP contribution in [-0.4, -0.2) is 34.1 Å². The summed E-state index contributed by atoms with van der Waals surface area (Å²) in [7, 11) is 0. The fourth-order valence-corrected chi connectivity index (χ4v) is 4.57. The van der Waals surface area contributed by atoms with Crippen molar-refractivity contribution in [2.24, 2.45) is 0 Å². The number of thioether (sulfide) groups is 1. The van der Waals surface area contributed by atoms with E-state index in [1.807, 2.05) is 42.5 Å². The predicted octanol–water partition coefficient (Wildman–Crippen LogP) is 6.17. The first-order valence-corrected chi connectivity index (χ1v) is 10.9. The highest BCUT2D eigenvalue weighted by Gasteiger charge is 2.35. The Balaban J connectivity index is 1.49. The lowest BCUT2D eigenvalue weighted by Gasteiger charge is -2.14. The van der Waals surface area contributed by atoms with Gasteiger partial charge in [-0.05, 0) is 35.4 Å². The van der Waals surface area contributed by atoms with E-state index in [9.17, 15) is 19.7 Å². The number of carbonyl (C=O) groups is 2. The van der Waals surface area contributed by atoms with Gasteiger partial charge < -0.3 is 4.74 Å². The van der Waals surface area contributed by atoms with Crippen molar-refractivity contribution in [2.75, 3.05) is 13.2 Å². The first kappa shape index (κ1) is 22.1. The van der Waals surface area contributed by atoms with Gasteiger partial charge in [0.2, 0.25) is 0 Å². The number of nitro groups is 1. The van der Waals surface area contributed by atoms with Crippen molar-refractivity contribution in [1.29, 1.82) is 0 Å². The van der Waals surface area contributed by atoms with E-state index in [-0.39, 0.29) is 39.4 Å². The van der Waals surface area contributed by atoms with Crippen LogP contribution < -0.4 is 4.74 Å². The molecule has 32 heavy (non-hydrogen) atoms. The summed E-state index contributed by atoms with van der Waals surface area (Å²) in [6, 6.07) is 15.8. The number of hydrogen-bond acceptors (Lipinski definition) is 6. The molecule has 3 aromatic rings. The third-order valence-electron chi connectivity index (χ3n) is 4.75. The molecule has 0 radical (unpaired) electrons. The van der Waals surface area contributed by atoms with E-state index in [4.69, 9.17) is 27.9 Å². The van der Waals surface area contributed by atoms with Gasteiger partial charge >= 0.3 is 0 Å². The number of amides is 2. The molecule has 0 saturated carbocycles. The van der Waals surface area contributed by atoms with Crippen LogP contribution in [0.5, 0.6) is 5.75 Å². The number of nitro benzene ring substituents is 1. The van der Waals surface area contributed by atoms with Gasteiger partial charge in [0.05, 0.1) is 16.4 Å². The third kappa shape index (κ3) is 4.43. The maximum absolute atomic E-state index is 12.7. The fourth-order valence-electron chi connectivity index (χ4n) is 3.21. The van der Waals surface area contributed by atoms with Crippen molar-refractivity contribution in [3.63, 3.8) is 0 Å². The molecule has 0 aromatic heterocycles. The van der Waals surface area contributed by atoms with Crippen molar-refractivity contribution in [3.05, 3.63) is 85.2 Å². The zero-order chi connectivity index (χ0) is 22.8. The summed E-state index contributed by atoms with van der Waals surface area (Å²) in [5.74, 6) is 0.140. The maximum Gasteiger partial charge on any atom is 0.293 e. The summed E-state index contributed by atoms with van der Waals surface area (Å²) in [4.78, 5) is 36.7. The number of ether oxygens (including phenoxy) is 1. The SMILES string of the molecule is O=C1S/C(=C\c2cc([N+](=O)[O-])c(Cl)cc2Cl)C(=O)N1CCOc1cccc2ccccc12. The molecule has 0 N–H and O–H groups in total. The van der Waals surface area contributed by atoms with Crippen molar-refractivity contribution >= 4 is 68.6 Å². The molecule has 4 rings (SSSR count). The van der Waals surface area contributed by atoms with Crippen LogP contribution in [-0.2, 0) is 4.79 Å². The molecule has 3 aromatic carbocycles. The van der Waals surface area contributed by atoms with Crippen LogP contribution in [0, 0.1) is 10.1 Å². The number of carbonyl (C=O) groups excluding carboxylic acids is 2. The molecule has 2 amide bonds. The molecular formula is C22H14Cl2N2O5S. The van der Waals surface area contributed by atoms with Gasteiger partial charge in [-0.25, -0.2) is 0 Å². The summed E-state index contributed by atoms with van der Waals surface area (Å²) in [5, 5.41) is 12.6. The summed E-state index contributed by atoms with van der Waals surface area (Å²) >= 11 is 12.7. The lowest BCUT2D eigenvalue weighted by Crippen LogP contribution is -2.32. The Kier molecular flexibility index (Phi) is 6.36. The highest BCUT2D eigenvalue weighted by molar-refractivity contribution is 8.18. The second kappa shape index (κ2) is 9.20. The van der Waals surface area contributed by atoms with Gasteiger partial charge in [-0.3, -0.25) is 24.6 Å². The highest BCUT2D eigenvalue weighted by atomic mass is 35.5. The number of hydrogen-bond donors (Lipinski definition) is 0. The minimum atomic E-state index is -0.646. The summed E-state index contributed by atoms with van der Waals surface area (Å²) in [6.07, 6.45) is 1.35. The lowest BCUT2D eigenvalue weighted by molar-refractivity contribution is -0.384. The van der Waals surface area contributed by atoms with Gasteiger partial charge in [0, 0.05) is 22.0 Å². The van der Waals surface area contributed by atoms with E-state index in [0.717, 1.165) is 27.4 Å². The van der Waals surface area contributed by atoms with E-state index in [2.05, 4.69) is 0 Å². The largest absolute Gasteiger partial charge is 0.491 e. The van der Waals surface area contributed by atoms with Gasteiger partial charge in [0.1, 0.15) is 17.4 Å². The van der Waals surface area contributed by atoms with Gasteiger partial charge in [0.25, 0.3) is 16.8 Å². The van der Waals surface area contributed by atoms with Crippen LogP contribution in [0.1, 0.15) is 5.56 Å².